The van der Waals surface area contributed by atoms with E-state index in [2.05, 4.69) is 45.3 Å². The van der Waals surface area contributed by atoms with Crippen molar-refractivity contribution in [3.8, 4) is 11.4 Å². The Bertz CT molecular complexity index is 1220. The number of ether oxygens (including phenoxy) is 1. The summed E-state index contributed by atoms with van der Waals surface area (Å²) < 4.78 is 5.71. The molecule has 0 spiro atoms. The van der Waals surface area contributed by atoms with Crippen LogP contribution in [0.4, 0.5) is 16.3 Å². The van der Waals surface area contributed by atoms with Crippen molar-refractivity contribution in [2.75, 3.05) is 43.1 Å². The van der Waals surface area contributed by atoms with Crippen LogP contribution in [0.2, 0.25) is 0 Å². The first-order chi connectivity index (χ1) is 18.0. The second-order valence-corrected chi connectivity index (χ2v) is 9.66. The molecule has 2 aliphatic rings. The molecule has 1 unspecified atom stereocenters. The van der Waals surface area contributed by atoms with E-state index in [1.54, 1.807) is 0 Å². The first-order valence-corrected chi connectivity index (χ1v) is 13.1. The molecule has 0 radical (unpaired) electrons. The van der Waals surface area contributed by atoms with Crippen LogP contribution in [0, 0.1) is 0 Å². The minimum atomic E-state index is -0.216. The Balaban J connectivity index is 1.48. The number of urea groups is 1. The first-order valence-electron chi connectivity index (χ1n) is 13.1. The molecule has 0 aliphatic carbocycles. The van der Waals surface area contributed by atoms with E-state index >= 15 is 0 Å². The highest BCUT2D eigenvalue weighted by atomic mass is 16.5. The molecular formula is C28H35N7O2. The van der Waals surface area contributed by atoms with E-state index in [0.717, 1.165) is 48.8 Å². The van der Waals surface area contributed by atoms with Crippen LogP contribution in [0.25, 0.3) is 11.4 Å². The molecule has 5 rings (SSSR count). The Labute approximate surface area is 218 Å². The molecule has 194 valence electrons. The van der Waals surface area contributed by atoms with Crippen LogP contribution in [0.3, 0.4) is 0 Å². The molecular weight excluding hydrogens is 466 g/mol. The standard InChI is InChI=1S/C28H35N7O2/c1-4-30-28(36)31-23-9-7-21(8-10-23)26-32-25-17-34(20(3)22-6-5-12-29-16-22)13-11-24(25)27(33-26)35-14-15-37-18-19(35)2/h5-10,12,16,19-20H,4,11,13-15,17-18H2,1-3H3,(H2,30,31,36)/t19-,20?/m0/s1. The highest BCUT2D eigenvalue weighted by Gasteiger charge is 2.30. The third-order valence-electron chi connectivity index (χ3n) is 7.17. The van der Waals surface area contributed by atoms with Gasteiger partial charge in [-0.25, -0.2) is 14.8 Å². The molecule has 4 heterocycles. The normalized spacial score (nSPS) is 18.7. The quantitative estimate of drug-likeness (QED) is 0.527. The number of hydrogen-bond donors (Lipinski definition) is 2. The van der Waals surface area contributed by atoms with E-state index in [1.165, 1.54) is 11.1 Å². The summed E-state index contributed by atoms with van der Waals surface area (Å²) in [6.07, 6.45) is 4.66. The van der Waals surface area contributed by atoms with Crippen molar-refractivity contribution in [2.45, 2.75) is 45.8 Å². The summed E-state index contributed by atoms with van der Waals surface area (Å²) in [7, 11) is 0. The third kappa shape index (κ3) is 5.57. The van der Waals surface area contributed by atoms with Crippen molar-refractivity contribution in [3.63, 3.8) is 0 Å². The summed E-state index contributed by atoms with van der Waals surface area (Å²) in [5.41, 5.74) is 5.17. The summed E-state index contributed by atoms with van der Waals surface area (Å²) in [4.78, 5) is 31.2. The Morgan fingerprint density at radius 1 is 1.19 bits per heavy atom. The first kappa shape index (κ1) is 25.1. The fourth-order valence-corrected chi connectivity index (χ4v) is 5.04. The lowest BCUT2D eigenvalue weighted by Gasteiger charge is -2.39. The zero-order valence-electron chi connectivity index (χ0n) is 21.8. The van der Waals surface area contributed by atoms with Gasteiger partial charge in [0.25, 0.3) is 0 Å². The second kappa shape index (κ2) is 11.2. The number of benzene rings is 1. The van der Waals surface area contributed by atoms with Crippen molar-refractivity contribution >= 4 is 17.5 Å². The van der Waals surface area contributed by atoms with Gasteiger partial charge in [-0.1, -0.05) is 6.07 Å². The lowest BCUT2D eigenvalue weighted by atomic mass is 10.00. The number of anilines is 2. The topological polar surface area (TPSA) is 95.5 Å². The largest absolute Gasteiger partial charge is 0.377 e. The van der Waals surface area contributed by atoms with Crippen LogP contribution in [-0.4, -0.2) is 64.8 Å². The van der Waals surface area contributed by atoms with E-state index in [0.29, 0.717) is 25.6 Å². The summed E-state index contributed by atoms with van der Waals surface area (Å²) in [6, 6.07) is 12.1. The average Bonchev–Trinajstić information content (AvgIpc) is 2.93. The number of amides is 2. The maximum atomic E-state index is 11.9. The number of hydrogen-bond acceptors (Lipinski definition) is 7. The minimum Gasteiger partial charge on any atom is -0.377 e. The Kier molecular flexibility index (Phi) is 7.62. The zero-order chi connectivity index (χ0) is 25.8. The van der Waals surface area contributed by atoms with E-state index in [-0.39, 0.29) is 18.1 Å². The van der Waals surface area contributed by atoms with E-state index in [1.807, 2.05) is 49.6 Å². The van der Waals surface area contributed by atoms with Crippen LogP contribution < -0.4 is 15.5 Å². The average molecular weight is 502 g/mol. The Hall–Kier alpha value is -3.56. The van der Waals surface area contributed by atoms with Crippen LogP contribution >= 0.6 is 0 Å². The predicted molar refractivity (Wildman–Crippen MR) is 145 cm³/mol. The lowest BCUT2D eigenvalue weighted by Crippen LogP contribution is -2.45. The van der Waals surface area contributed by atoms with Crippen molar-refractivity contribution < 1.29 is 9.53 Å². The SMILES string of the molecule is CCNC(=O)Nc1ccc(-c2nc3c(c(N4CCOC[C@@H]4C)n2)CCN(C(C)c2cccnc2)C3)cc1. The van der Waals surface area contributed by atoms with E-state index < -0.39 is 0 Å². The maximum Gasteiger partial charge on any atom is 0.319 e. The minimum absolute atomic E-state index is 0.216. The fraction of sp³-hybridized carbons (Fsp3) is 0.429. The molecule has 1 saturated heterocycles. The van der Waals surface area contributed by atoms with Gasteiger partial charge in [-0.15, -0.1) is 0 Å². The zero-order valence-corrected chi connectivity index (χ0v) is 21.8. The Morgan fingerprint density at radius 3 is 2.76 bits per heavy atom. The molecule has 2 atom stereocenters. The smallest absolute Gasteiger partial charge is 0.319 e. The summed E-state index contributed by atoms with van der Waals surface area (Å²) >= 11 is 0. The number of carbonyl (C=O) groups excluding carboxylic acids is 1. The number of carbonyl (C=O) groups is 1. The highest BCUT2D eigenvalue weighted by molar-refractivity contribution is 5.89. The lowest BCUT2D eigenvalue weighted by molar-refractivity contribution is 0.0982. The van der Waals surface area contributed by atoms with Crippen molar-refractivity contribution in [2.24, 2.45) is 0 Å². The number of rotatable bonds is 6. The van der Waals surface area contributed by atoms with Gasteiger partial charge in [0.2, 0.25) is 0 Å². The fourth-order valence-electron chi connectivity index (χ4n) is 5.04. The summed E-state index contributed by atoms with van der Waals surface area (Å²) in [6.45, 7) is 10.8. The van der Waals surface area contributed by atoms with Crippen LogP contribution in [0.5, 0.6) is 0 Å². The summed E-state index contributed by atoms with van der Waals surface area (Å²) in [5.74, 6) is 1.72. The molecule has 2 N–H and O–H groups in total. The van der Waals surface area contributed by atoms with Crippen LogP contribution in [-0.2, 0) is 17.7 Å². The molecule has 0 bridgehead atoms. The molecule has 9 heteroatoms. The number of nitrogens with zero attached hydrogens (tertiary/aromatic N) is 5. The predicted octanol–water partition coefficient (Wildman–Crippen LogP) is 4.02. The molecule has 0 saturated carbocycles. The van der Waals surface area contributed by atoms with Gasteiger partial charge in [-0.3, -0.25) is 9.88 Å². The maximum absolute atomic E-state index is 11.9. The number of aromatic nitrogens is 3. The van der Waals surface area contributed by atoms with Crippen molar-refractivity contribution in [1.82, 2.24) is 25.2 Å². The summed E-state index contributed by atoms with van der Waals surface area (Å²) in [5, 5.41) is 5.60. The van der Waals surface area contributed by atoms with Crippen LogP contribution in [0.15, 0.2) is 48.8 Å². The monoisotopic (exact) mass is 501 g/mol. The van der Waals surface area contributed by atoms with Gasteiger partial charge in [0, 0.05) is 61.4 Å². The molecule has 3 aromatic rings. The van der Waals surface area contributed by atoms with Crippen molar-refractivity contribution in [1.29, 1.82) is 0 Å². The van der Waals surface area contributed by atoms with Gasteiger partial charge >= 0.3 is 6.03 Å². The van der Waals surface area contributed by atoms with Gasteiger partial charge in [0.1, 0.15) is 5.82 Å². The van der Waals surface area contributed by atoms with E-state index in [4.69, 9.17) is 14.7 Å². The molecule has 2 aromatic heterocycles. The van der Waals surface area contributed by atoms with Gasteiger partial charge in [0.05, 0.1) is 24.9 Å². The number of fused-ring (bicyclic) bond motifs is 1. The molecule has 37 heavy (non-hydrogen) atoms. The molecule has 2 aliphatic heterocycles. The van der Waals surface area contributed by atoms with Gasteiger partial charge in [-0.05, 0) is 63.1 Å². The molecule has 1 fully saturated rings. The van der Waals surface area contributed by atoms with E-state index in [9.17, 15) is 4.79 Å². The number of morpholine rings is 1. The van der Waals surface area contributed by atoms with Gasteiger partial charge < -0.3 is 20.3 Å². The molecule has 1 aromatic carbocycles. The van der Waals surface area contributed by atoms with Crippen molar-refractivity contribution in [3.05, 3.63) is 65.6 Å². The molecule has 9 nitrogen and oxygen atoms in total. The molecule has 2 amide bonds. The Morgan fingerprint density at radius 2 is 2.03 bits per heavy atom. The highest BCUT2D eigenvalue weighted by Crippen LogP contribution is 2.34. The van der Waals surface area contributed by atoms with Crippen LogP contribution in [0.1, 0.15) is 43.6 Å². The van der Waals surface area contributed by atoms with Gasteiger partial charge in [-0.2, -0.15) is 0 Å². The van der Waals surface area contributed by atoms with Gasteiger partial charge in [0.15, 0.2) is 5.82 Å². The third-order valence-corrected chi connectivity index (χ3v) is 7.17. The number of nitrogens with one attached hydrogen (secondary N) is 2. The number of pyridine rings is 1. The second-order valence-electron chi connectivity index (χ2n) is 9.66.